The molecule has 0 spiro atoms. The van der Waals surface area contributed by atoms with Gasteiger partial charge in [0.15, 0.2) is 0 Å². The molecule has 4 atom stereocenters. The van der Waals surface area contributed by atoms with Gasteiger partial charge in [0.2, 0.25) is 5.91 Å². The third kappa shape index (κ3) is 4.30. The molecule has 1 amide bonds. The zero-order valence-corrected chi connectivity index (χ0v) is 16.9. The van der Waals surface area contributed by atoms with Gasteiger partial charge in [-0.15, -0.1) is 0 Å². The Morgan fingerprint density at radius 1 is 1.22 bits per heavy atom. The summed E-state index contributed by atoms with van der Waals surface area (Å²) in [5, 5.41) is 11.3. The highest BCUT2D eigenvalue weighted by Crippen LogP contribution is 2.44. The number of carbonyl (C=O) groups is 1. The fourth-order valence-electron chi connectivity index (χ4n) is 5.37. The standard InChI is InChI=1S/C22H35N3O2/c1-3-24(4-2)18-10-8-17(9-11-18)21-19-7-5-6-13-22(19,27)14-16-25(21)15-12-20(23)26/h8-11,19,21,27H,3-7,12-16H2,1-2H3,(H2,23,26)/p+1/t19-,21+,22+/m0/s1. The van der Waals surface area contributed by atoms with Crippen molar-refractivity contribution in [2.24, 2.45) is 11.7 Å². The molecule has 1 aliphatic carbocycles. The fraction of sp³-hybridized carbons (Fsp3) is 0.682. The lowest BCUT2D eigenvalue weighted by Gasteiger charge is -2.50. The van der Waals surface area contributed by atoms with Crippen LogP contribution in [-0.2, 0) is 4.79 Å². The average molecular weight is 375 g/mol. The lowest BCUT2D eigenvalue weighted by atomic mass is 9.66. The Hall–Kier alpha value is -1.59. The molecule has 1 saturated carbocycles. The highest BCUT2D eigenvalue weighted by molar-refractivity contribution is 5.73. The van der Waals surface area contributed by atoms with E-state index in [1.54, 1.807) is 0 Å². The maximum atomic E-state index is 11.4. The number of quaternary nitrogens is 1. The van der Waals surface area contributed by atoms with Crippen molar-refractivity contribution >= 4 is 11.6 Å². The number of piperidine rings is 1. The molecule has 5 heteroatoms. The topological polar surface area (TPSA) is 71.0 Å². The molecule has 150 valence electrons. The maximum Gasteiger partial charge on any atom is 0.223 e. The van der Waals surface area contributed by atoms with Crippen LogP contribution in [0.2, 0.25) is 0 Å². The molecular weight excluding hydrogens is 338 g/mol. The van der Waals surface area contributed by atoms with E-state index in [1.807, 2.05) is 0 Å². The molecule has 1 aromatic rings. The number of aliphatic hydroxyl groups is 1. The van der Waals surface area contributed by atoms with E-state index < -0.39 is 5.60 Å². The fourth-order valence-corrected chi connectivity index (χ4v) is 5.37. The van der Waals surface area contributed by atoms with Gasteiger partial charge in [-0.05, 0) is 38.8 Å². The summed E-state index contributed by atoms with van der Waals surface area (Å²) in [6.45, 7) is 8.01. The maximum absolute atomic E-state index is 11.4. The van der Waals surface area contributed by atoms with Gasteiger partial charge in [-0.1, -0.05) is 25.0 Å². The number of benzene rings is 1. The zero-order chi connectivity index (χ0) is 19.4. The Morgan fingerprint density at radius 3 is 2.56 bits per heavy atom. The van der Waals surface area contributed by atoms with Crippen LogP contribution in [0.1, 0.15) is 64.0 Å². The molecule has 0 radical (unpaired) electrons. The third-order valence-electron chi connectivity index (χ3n) is 6.86. The second-order valence-corrected chi connectivity index (χ2v) is 8.32. The first-order valence-electron chi connectivity index (χ1n) is 10.7. The number of carbonyl (C=O) groups excluding carboxylic acids is 1. The zero-order valence-electron chi connectivity index (χ0n) is 16.9. The molecule has 4 N–H and O–H groups in total. The molecule has 2 aliphatic rings. The summed E-state index contributed by atoms with van der Waals surface area (Å²) in [7, 11) is 0. The Balaban J connectivity index is 1.88. The number of primary amides is 1. The number of fused-ring (bicyclic) bond motifs is 1. The summed E-state index contributed by atoms with van der Waals surface area (Å²) in [6.07, 6.45) is 5.53. The number of anilines is 1. The molecule has 2 fully saturated rings. The number of nitrogens with one attached hydrogen (secondary N) is 1. The van der Waals surface area contributed by atoms with Crippen LogP contribution in [-0.4, -0.2) is 42.8 Å². The van der Waals surface area contributed by atoms with Crippen LogP contribution in [0.25, 0.3) is 0 Å². The smallest absolute Gasteiger partial charge is 0.223 e. The van der Waals surface area contributed by atoms with Gasteiger partial charge in [-0.3, -0.25) is 4.79 Å². The van der Waals surface area contributed by atoms with Crippen molar-refractivity contribution in [3.63, 3.8) is 0 Å². The summed E-state index contributed by atoms with van der Waals surface area (Å²) in [5.41, 5.74) is 7.42. The number of nitrogens with two attached hydrogens (primary N) is 1. The lowest BCUT2D eigenvalue weighted by Crippen LogP contribution is -3.15. The summed E-state index contributed by atoms with van der Waals surface area (Å²) in [6, 6.07) is 9.15. The molecule has 1 saturated heterocycles. The predicted octanol–water partition coefficient (Wildman–Crippen LogP) is 1.66. The van der Waals surface area contributed by atoms with Crippen LogP contribution >= 0.6 is 0 Å². The number of amides is 1. The molecule has 1 aromatic carbocycles. The van der Waals surface area contributed by atoms with Gasteiger partial charge >= 0.3 is 0 Å². The van der Waals surface area contributed by atoms with Crippen LogP contribution in [0.4, 0.5) is 5.69 Å². The number of hydrogen-bond donors (Lipinski definition) is 3. The minimum Gasteiger partial charge on any atom is -0.389 e. The van der Waals surface area contributed by atoms with Gasteiger partial charge in [-0.25, -0.2) is 0 Å². The van der Waals surface area contributed by atoms with Gasteiger partial charge in [0.1, 0.15) is 6.04 Å². The Kier molecular flexibility index (Phi) is 6.43. The van der Waals surface area contributed by atoms with Crippen LogP contribution in [0, 0.1) is 5.92 Å². The minimum absolute atomic E-state index is 0.234. The predicted molar refractivity (Wildman–Crippen MR) is 109 cm³/mol. The van der Waals surface area contributed by atoms with Gasteiger partial charge in [0.25, 0.3) is 0 Å². The van der Waals surface area contributed by atoms with Gasteiger partial charge in [0, 0.05) is 36.7 Å². The Morgan fingerprint density at radius 2 is 1.93 bits per heavy atom. The molecule has 5 nitrogen and oxygen atoms in total. The summed E-state index contributed by atoms with van der Waals surface area (Å²) in [4.78, 5) is 15.1. The molecule has 3 rings (SSSR count). The van der Waals surface area contributed by atoms with Gasteiger partial charge < -0.3 is 20.6 Å². The van der Waals surface area contributed by atoms with E-state index in [1.165, 1.54) is 22.6 Å². The first-order valence-corrected chi connectivity index (χ1v) is 10.7. The molecule has 1 heterocycles. The van der Waals surface area contributed by atoms with Crippen LogP contribution in [0.15, 0.2) is 24.3 Å². The van der Waals surface area contributed by atoms with E-state index in [-0.39, 0.29) is 17.9 Å². The highest BCUT2D eigenvalue weighted by Gasteiger charge is 2.51. The first kappa shape index (κ1) is 20.2. The summed E-state index contributed by atoms with van der Waals surface area (Å²) >= 11 is 0. The van der Waals surface area contributed by atoms with E-state index in [4.69, 9.17) is 5.73 Å². The lowest BCUT2D eigenvalue weighted by molar-refractivity contribution is -0.944. The van der Waals surface area contributed by atoms with Crippen LogP contribution in [0.3, 0.4) is 0 Å². The van der Waals surface area contributed by atoms with Crippen molar-refractivity contribution < 1.29 is 14.8 Å². The van der Waals surface area contributed by atoms with E-state index in [0.29, 0.717) is 6.42 Å². The molecule has 0 bridgehead atoms. The van der Waals surface area contributed by atoms with E-state index in [9.17, 15) is 9.90 Å². The number of likely N-dealkylation sites (tertiary alicyclic amines) is 1. The van der Waals surface area contributed by atoms with E-state index >= 15 is 0 Å². The number of hydrogen-bond acceptors (Lipinski definition) is 3. The Labute approximate surface area is 163 Å². The van der Waals surface area contributed by atoms with Gasteiger partial charge in [0.05, 0.1) is 25.1 Å². The largest absolute Gasteiger partial charge is 0.389 e. The number of nitrogens with zero attached hydrogens (tertiary/aromatic N) is 1. The van der Waals surface area contributed by atoms with Crippen LogP contribution < -0.4 is 15.5 Å². The van der Waals surface area contributed by atoms with Crippen molar-refractivity contribution in [3.8, 4) is 0 Å². The molecule has 1 aliphatic heterocycles. The molecule has 27 heavy (non-hydrogen) atoms. The molecule has 0 aromatic heterocycles. The quantitative estimate of drug-likeness (QED) is 0.680. The second-order valence-electron chi connectivity index (χ2n) is 8.32. The van der Waals surface area contributed by atoms with Crippen molar-refractivity contribution in [3.05, 3.63) is 29.8 Å². The third-order valence-corrected chi connectivity index (χ3v) is 6.86. The molecule has 1 unspecified atom stereocenters. The van der Waals surface area contributed by atoms with Gasteiger partial charge in [-0.2, -0.15) is 0 Å². The van der Waals surface area contributed by atoms with Crippen molar-refractivity contribution in [2.45, 2.75) is 64.0 Å². The van der Waals surface area contributed by atoms with Crippen LogP contribution in [0.5, 0.6) is 0 Å². The van der Waals surface area contributed by atoms with E-state index in [2.05, 4.69) is 43.0 Å². The second kappa shape index (κ2) is 8.61. The van der Waals surface area contributed by atoms with Crippen molar-refractivity contribution in [1.82, 2.24) is 0 Å². The summed E-state index contributed by atoms with van der Waals surface area (Å²) < 4.78 is 0. The SMILES string of the molecule is CCN(CC)c1ccc([C@@H]2[C@@H]3CCCC[C@@]3(O)CC[NH+]2CCC(N)=O)cc1. The van der Waals surface area contributed by atoms with E-state index in [0.717, 1.165) is 51.9 Å². The minimum atomic E-state index is -0.545. The molecular formula is C22H36N3O2+. The first-order chi connectivity index (χ1) is 13.0. The summed E-state index contributed by atoms with van der Waals surface area (Å²) in [5.74, 6) is 0.0322. The van der Waals surface area contributed by atoms with Crippen molar-refractivity contribution in [2.75, 3.05) is 31.1 Å². The average Bonchev–Trinajstić information content (AvgIpc) is 2.67. The Bertz CT molecular complexity index is 629. The monoisotopic (exact) mass is 374 g/mol. The number of rotatable bonds is 7. The normalized spacial score (nSPS) is 30.6. The highest BCUT2D eigenvalue weighted by atomic mass is 16.3. The van der Waals surface area contributed by atoms with Crippen molar-refractivity contribution in [1.29, 1.82) is 0 Å².